The number of rotatable bonds is 1. The molecule has 2 aliphatic rings. The van der Waals surface area contributed by atoms with E-state index in [9.17, 15) is 9.59 Å². The van der Waals surface area contributed by atoms with Crippen LogP contribution >= 0.6 is 0 Å². The Labute approximate surface area is 127 Å². The first-order valence-electron chi connectivity index (χ1n) is 7.78. The van der Waals surface area contributed by atoms with Crippen LogP contribution in [0.5, 0.6) is 0 Å². The molecule has 114 valence electrons. The fraction of sp³-hybridized carbons (Fsp3) is 0.438. The van der Waals surface area contributed by atoms with Crippen LogP contribution in [0.2, 0.25) is 0 Å². The maximum Gasteiger partial charge on any atom is 0.261 e. The molecule has 0 radical (unpaired) electrons. The largest absolute Gasteiger partial charge is 0.347 e. The molecular formula is C16H18N4O2. The molecule has 0 unspecified atom stereocenters. The van der Waals surface area contributed by atoms with Crippen molar-refractivity contribution in [2.24, 2.45) is 0 Å². The number of amides is 1. The van der Waals surface area contributed by atoms with E-state index in [4.69, 9.17) is 0 Å². The van der Waals surface area contributed by atoms with Gasteiger partial charge in [0, 0.05) is 18.7 Å². The first kappa shape index (κ1) is 13.3. The third-order valence-electron chi connectivity index (χ3n) is 4.63. The highest BCUT2D eigenvalue weighted by Crippen LogP contribution is 2.20. The maximum absolute atomic E-state index is 12.7. The van der Waals surface area contributed by atoms with Gasteiger partial charge in [-0.25, -0.2) is 4.98 Å². The molecule has 3 heterocycles. The van der Waals surface area contributed by atoms with E-state index in [-0.39, 0.29) is 17.0 Å². The van der Waals surface area contributed by atoms with Crippen molar-refractivity contribution < 1.29 is 4.79 Å². The Morgan fingerprint density at radius 2 is 2.05 bits per heavy atom. The molecule has 0 saturated carbocycles. The first-order chi connectivity index (χ1) is 10.7. The summed E-state index contributed by atoms with van der Waals surface area (Å²) in [7, 11) is 0. The van der Waals surface area contributed by atoms with Gasteiger partial charge in [-0.3, -0.25) is 9.59 Å². The zero-order valence-corrected chi connectivity index (χ0v) is 12.3. The van der Waals surface area contributed by atoms with Crippen LogP contribution in [0.4, 0.5) is 0 Å². The summed E-state index contributed by atoms with van der Waals surface area (Å²) in [6.45, 7) is 1.10. The molecule has 1 amide bonds. The van der Waals surface area contributed by atoms with Gasteiger partial charge in [-0.1, -0.05) is 0 Å². The molecule has 6 nitrogen and oxygen atoms in total. The average Bonchev–Trinajstić information content (AvgIpc) is 3.01. The molecule has 1 aliphatic carbocycles. The van der Waals surface area contributed by atoms with Crippen LogP contribution < -0.4 is 5.56 Å². The number of imidazole rings is 1. The molecule has 0 fully saturated rings. The van der Waals surface area contributed by atoms with E-state index in [1.165, 1.54) is 0 Å². The van der Waals surface area contributed by atoms with Gasteiger partial charge >= 0.3 is 0 Å². The van der Waals surface area contributed by atoms with Gasteiger partial charge in [0.2, 0.25) is 0 Å². The molecule has 0 saturated heterocycles. The van der Waals surface area contributed by atoms with E-state index in [1.807, 2.05) is 0 Å². The predicted molar refractivity (Wildman–Crippen MR) is 80.7 cm³/mol. The summed E-state index contributed by atoms with van der Waals surface area (Å²) >= 11 is 0. The van der Waals surface area contributed by atoms with Crippen molar-refractivity contribution in [1.29, 1.82) is 0 Å². The summed E-state index contributed by atoms with van der Waals surface area (Å²) in [6.07, 6.45) is 6.45. The van der Waals surface area contributed by atoms with Crippen LogP contribution in [0.3, 0.4) is 0 Å². The van der Waals surface area contributed by atoms with Gasteiger partial charge in [0.25, 0.3) is 11.5 Å². The van der Waals surface area contributed by atoms with Crippen LogP contribution in [-0.2, 0) is 25.8 Å². The molecule has 4 rings (SSSR count). The minimum Gasteiger partial charge on any atom is -0.347 e. The number of aromatic amines is 2. The number of pyridine rings is 1. The summed E-state index contributed by atoms with van der Waals surface area (Å²) in [5.41, 5.74) is 4.11. The second-order valence-corrected chi connectivity index (χ2v) is 6.03. The van der Waals surface area contributed by atoms with Gasteiger partial charge in [-0.2, -0.15) is 0 Å². The molecule has 0 spiro atoms. The number of hydrogen-bond acceptors (Lipinski definition) is 3. The maximum atomic E-state index is 12.7. The van der Waals surface area contributed by atoms with E-state index in [1.54, 1.807) is 17.3 Å². The quantitative estimate of drug-likeness (QED) is 0.829. The molecule has 22 heavy (non-hydrogen) atoms. The fourth-order valence-corrected chi connectivity index (χ4v) is 3.39. The minimum absolute atomic E-state index is 0.185. The fourth-order valence-electron chi connectivity index (χ4n) is 3.39. The van der Waals surface area contributed by atoms with E-state index < -0.39 is 0 Å². The lowest BCUT2D eigenvalue weighted by atomic mass is 9.94. The Kier molecular flexibility index (Phi) is 3.10. The zero-order chi connectivity index (χ0) is 15.1. The van der Waals surface area contributed by atoms with Crippen molar-refractivity contribution in [3.63, 3.8) is 0 Å². The van der Waals surface area contributed by atoms with E-state index in [0.717, 1.165) is 54.7 Å². The van der Waals surface area contributed by atoms with Gasteiger partial charge in [-0.05, 0) is 37.3 Å². The highest BCUT2D eigenvalue weighted by Gasteiger charge is 2.26. The lowest BCUT2D eigenvalue weighted by molar-refractivity contribution is 0.0730. The van der Waals surface area contributed by atoms with Crippen LogP contribution in [-0.4, -0.2) is 32.3 Å². The van der Waals surface area contributed by atoms with Crippen molar-refractivity contribution in [1.82, 2.24) is 19.9 Å². The van der Waals surface area contributed by atoms with Crippen molar-refractivity contribution in [2.75, 3.05) is 6.54 Å². The van der Waals surface area contributed by atoms with E-state index in [2.05, 4.69) is 15.0 Å². The summed E-state index contributed by atoms with van der Waals surface area (Å²) in [6, 6.07) is 1.80. The van der Waals surface area contributed by atoms with Gasteiger partial charge in [0.05, 0.1) is 24.3 Å². The van der Waals surface area contributed by atoms with Crippen molar-refractivity contribution in [3.8, 4) is 0 Å². The van der Waals surface area contributed by atoms with Gasteiger partial charge < -0.3 is 14.9 Å². The highest BCUT2D eigenvalue weighted by atomic mass is 16.2. The van der Waals surface area contributed by atoms with E-state index >= 15 is 0 Å². The number of hydrogen-bond donors (Lipinski definition) is 2. The molecular weight excluding hydrogens is 280 g/mol. The Morgan fingerprint density at radius 1 is 1.18 bits per heavy atom. The Hall–Kier alpha value is -2.37. The summed E-state index contributed by atoms with van der Waals surface area (Å²) in [5, 5.41) is 0. The number of nitrogens with one attached hydrogen (secondary N) is 2. The third-order valence-corrected chi connectivity index (χ3v) is 4.63. The van der Waals surface area contributed by atoms with Crippen molar-refractivity contribution in [2.45, 2.75) is 38.6 Å². The Morgan fingerprint density at radius 3 is 2.95 bits per heavy atom. The SMILES string of the molecule is O=C(c1cc2c([nH]c1=O)CCCC2)N1CCc2nc[nH]c2C1. The number of fused-ring (bicyclic) bond motifs is 2. The van der Waals surface area contributed by atoms with Gasteiger partial charge in [0.15, 0.2) is 0 Å². The first-order valence-corrected chi connectivity index (χ1v) is 7.78. The second kappa shape index (κ2) is 5.12. The molecule has 0 atom stereocenters. The molecule has 6 heteroatoms. The highest BCUT2D eigenvalue weighted by molar-refractivity contribution is 5.94. The number of carbonyl (C=O) groups is 1. The lowest BCUT2D eigenvalue weighted by Crippen LogP contribution is -2.39. The average molecular weight is 298 g/mol. The van der Waals surface area contributed by atoms with Crippen LogP contribution in [0.15, 0.2) is 17.2 Å². The van der Waals surface area contributed by atoms with Crippen molar-refractivity contribution in [3.05, 3.63) is 51.0 Å². The summed E-state index contributed by atoms with van der Waals surface area (Å²) in [4.78, 5) is 36.9. The number of nitrogens with zero attached hydrogens (tertiary/aromatic N) is 2. The smallest absolute Gasteiger partial charge is 0.261 e. The zero-order valence-electron chi connectivity index (χ0n) is 12.3. The standard InChI is InChI=1S/C16H18N4O2/c21-15-11(7-10-3-1-2-4-12(10)19-15)16(22)20-6-5-13-14(8-20)18-9-17-13/h7,9H,1-6,8H2,(H,17,18)(H,19,21). The van der Waals surface area contributed by atoms with Crippen molar-refractivity contribution >= 4 is 5.91 Å². The molecule has 2 N–H and O–H groups in total. The third kappa shape index (κ3) is 2.15. The van der Waals surface area contributed by atoms with Crippen LogP contribution in [0.1, 0.15) is 45.8 Å². The Balaban J connectivity index is 1.65. The number of carbonyl (C=O) groups excluding carboxylic acids is 1. The number of H-pyrrole nitrogens is 2. The lowest BCUT2D eigenvalue weighted by Gasteiger charge is -2.26. The van der Waals surface area contributed by atoms with Crippen LogP contribution in [0.25, 0.3) is 0 Å². The molecule has 0 aromatic carbocycles. The molecule has 1 aliphatic heterocycles. The summed E-state index contributed by atoms with van der Waals surface area (Å²) < 4.78 is 0. The van der Waals surface area contributed by atoms with Crippen LogP contribution in [0, 0.1) is 0 Å². The van der Waals surface area contributed by atoms with E-state index in [0.29, 0.717) is 13.1 Å². The number of aryl methyl sites for hydroxylation is 2. The topological polar surface area (TPSA) is 81.8 Å². The predicted octanol–water partition coefficient (Wildman–Crippen LogP) is 1.18. The number of aromatic nitrogens is 3. The van der Waals surface area contributed by atoms with Gasteiger partial charge in [0.1, 0.15) is 5.56 Å². The monoisotopic (exact) mass is 298 g/mol. The minimum atomic E-state index is -0.263. The summed E-state index contributed by atoms with van der Waals surface area (Å²) in [5.74, 6) is -0.185. The molecule has 0 bridgehead atoms. The molecule has 2 aromatic rings. The normalized spacial score (nSPS) is 17.0. The Bertz CT molecular complexity index is 790. The van der Waals surface area contributed by atoms with Gasteiger partial charge in [-0.15, -0.1) is 0 Å². The molecule has 2 aromatic heterocycles. The second-order valence-electron chi connectivity index (χ2n) is 6.03.